The Bertz CT molecular complexity index is 660. The van der Waals surface area contributed by atoms with Crippen molar-refractivity contribution in [1.29, 1.82) is 0 Å². The van der Waals surface area contributed by atoms with E-state index in [9.17, 15) is 8.42 Å². The molecule has 3 rings (SSSR count). The molecule has 1 aliphatic heterocycles. The number of aromatic nitrogens is 2. The number of hydrogen-bond donors (Lipinski definition) is 1. The van der Waals surface area contributed by atoms with Gasteiger partial charge < -0.3 is 5.73 Å². The molecule has 1 aliphatic carbocycles. The highest BCUT2D eigenvalue weighted by molar-refractivity contribution is 7.91. The highest BCUT2D eigenvalue weighted by Gasteiger charge is 2.44. The van der Waals surface area contributed by atoms with Crippen molar-refractivity contribution < 1.29 is 8.42 Å². The van der Waals surface area contributed by atoms with Gasteiger partial charge in [0.05, 0.1) is 22.7 Å². The molecule has 2 N–H and O–H groups in total. The van der Waals surface area contributed by atoms with E-state index in [1.165, 1.54) is 0 Å². The number of fused-ring (bicyclic) bond motifs is 1. The third-order valence-corrected chi connectivity index (χ3v) is 6.77. The monoisotopic (exact) mass is 297 g/mol. The molecule has 0 spiro atoms. The molecule has 2 aliphatic rings. The maximum Gasteiger partial charge on any atom is 0.152 e. The molecule has 0 saturated carbocycles. The first-order valence-electron chi connectivity index (χ1n) is 7.23. The Balaban J connectivity index is 2.12. The second-order valence-electron chi connectivity index (χ2n) is 7.20. The number of sulfone groups is 1. The van der Waals surface area contributed by atoms with Gasteiger partial charge in [0, 0.05) is 5.56 Å². The Morgan fingerprint density at radius 1 is 1.25 bits per heavy atom. The van der Waals surface area contributed by atoms with Crippen molar-refractivity contribution in [1.82, 2.24) is 9.78 Å². The Kier molecular flexibility index (Phi) is 2.78. The van der Waals surface area contributed by atoms with Crippen LogP contribution in [0.3, 0.4) is 0 Å². The fraction of sp³-hybridized carbons (Fsp3) is 0.786. The zero-order valence-corrected chi connectivity index (χ0v) is 13.3. The molecule has 1 saturated heterocycles. The Hall–Kier alpha value is -1.04. The van der Waals surface area contributed by atoms with Gasteiger partial charge in [0.1, 0.15) is 5.82 Å². The van der Waals surface area contributed by atoms with E-state index in [1.807, 2.05) is 6.92 Å². The lowest BCUT2D eigenvalue weighted by Crippen LogP contribution is -2.33. The van der Waals surface area contributed by atoms with Crippen LogP contribution in [-0.2, 0) is 27.2 Å². The molecule has 20 heavy (non-hydrogen) atoms. The molecular weight excluding hydrogens is 274 g/mol. The second kappa shape index (κ2) is 4.00. The van der Waals surface area contributed by atoms with Crippen molar-refractivity contribution in [2.75, 3.05) is 17.2 Å². The van der Waals surface area contributed by atoms with Crippen molar-refractivity contribution in [3.8, 4) is 0 Å². The molecule has 0 radical (unpaired) electrons. The van der Waals surface area contributed by atoms with Crippen LogP contribution in [-0.4, -0.2) is 29.7 Å². The molecule has 5 nitrogen and oxygen atoms in total. The van der Waals surface area contributed by atoms with Gasteiger partial charge in [-0.15, -0.1) is 0 Å². The number of nitrogens with two attached hydrogens (primary N) is 1. The summed E-state index contributed by atoms with van der Waals surface area (Å²) < 4.78 is 25.4. The van der Waals surface area contributed by atoms with Gasteiger partial charge in [-0.05, 0) is 38.0 Å². The number of aryl methyl sites for hydroxylation is 1. The van der Waals surface area contributed by atoms with E-state index in [1.54, 1.807) is 4.68 Å². The number of rotatable bonds is 1. The lowest BCUT2D eigenvalue weighted by Gasteiger charge is -2.30. The Morgan fingerprint density at radius 2 is 1.95 bits per heavy atom. The molecule has 0 amide bonds. The molecule has 1 aromatic rings. The summed E-state index contributed by atoms with van der Waals surface area (Å²) in [5.74, 6) is 1.05. The zero-order valence-electron chi connectivity index (χ0n) is 12.4. The van der Waals surface area contributed by atoms with Crippen LogP contribution in [0.5, 0.6) is 0 Å². The first-order chi connectivity index (χ1) is 9.15. The Labute approximate surface area is 120 Å². The maximum atomic E-state index is 11.8. The summed E-state index contributed by atoms with van der Waals surface area (Å²) in [6.07, 6.45) is 3.76. The van der Waals surface area contributed by atoms with Crippen LogP contribution in [0.1, 0.15) is 51.3 Å². The molecule has 1 aromatic heterocycles. The third-order valence-electron chi connectivity index (χ3n) is 4.88. The van der Waals surface area contributed by atoms with Gasteiger partial charge in [-0.2, -0.15) is 5.10 Å². The van der Waals surface area contributed by atoms with Crippen LogP contribution in [0, 0.1) is 0 Å². The summed E-state index contributed by atoms with van der Waals surface area (Å²) in [6, 6.07) is 0. The van der Waals surface area contributed by atoms with Gasteiger partial charge in [-0.1, -0.05) is 13.8 Å². The minimum atomic E-state index is -2.97. The van der Waals surface area contributed by atoms with E-state index < -0.39 is 15.4 Å². The predicted molar refractivity (Wildman–Crippen MR) is 79.5 cm³/mol. The summed E-state index contributed by atoms with van der Waals surface area (Å²) in [5.41, 5.74) is 8.09. The summed E-state index contributed by atoms with van der Waals surface area (Å²) in [4.78, 5) is 0. The summed E-state index contributed by atoms with van der Waals surface area (Å²) >= 11 is 0. The zero-order chi connectivity index (χ0) is 14.8. The quantitative estimate of drug-likeness (QED) is 0.854. The van der Waals surface area contributed by atoms with Crippen molar-refractivity contribution >= 4 is 15.7 Å². The van der Waals surface area contributed by atoms with Crippen molar-refractivity contribution in [2.24, 2.45) is 0 Å². The van der Waals surface area contributed by atoms with Gasteiger partial charge in [-0.25, -0.2) is 13.1 Å². The lowest BCUT2D eigenvalue weighted by molar-refractivity contribution is 0.332. The highest BCUT2D eigenvalue weighted by atomic mass is 32.2. The maximum absolute atomic E-state index is 11.8. The standard InChI is InChI=1S/C14H23N3O2S/c1-13(2)6-4-5-10-11(13)12(15)17(16-10)14(3)7-8-20(18,19)9-14/h4-9,15H2,1-3H3. The van der Waals surface area contributed by atoms with E-state index >= 15 is 0 Å². The molecule has 112 valence electrons. The molecule has 0 bridgehead atoms. The molecule has 1 atom stereocenters. The summed E-state index contributed by atoms with van der Waals surface area (Å²) in [6.45, 7) is 6.35. The van der Waals surface area contributed by atoms with E-state index in [4.69, 9.17) is 10.8 Å². The van der Waals surface area contributed by atoms with Crippen LogP contribution in [0.4, 0.5) is 5.82 Å². The molecule has 1 unspecified atom stereocenters. The second-order valence-corrected chi connectivity index (χ2v) is 9.38. The molecule has 1 fully saturated rings. The van der Waals surface area contributed by atoms with Gasteiger partial charge in [-0.3, -0.25) is 0 Å². The molecule has 0 aromatic carbocycles. The molecule has 2 heterocycles. The SMILES string of the molecule is CC1(C)CCCc2nn(C3(C)CCS(=O)(=O)C3)c(N)c21. The minimum absolute atomic E-state index is 0.0315. The number of nitrogens with zero attached hydrogens (tertiary/aromatic N) is 2. The van der Waals surface area contributed by atoms with E-state index in [0.29, 0.717) is 12.2 Å². The average Bonchev–Trinajstić information content (AvgIpc) is 2.78. The fourth-order valence-corrected chi connectivity index (χ4v) is 5.89. The fourth-order valence-electron chi connectivity index (χ4n) is 3.79. The van der Waals surface area contributed by atoms with Crippen LogP contribution in [0.15, 0.2) is 0 Å². The third kappa shape index (κ3) is 1.96. The summed E-state index contributed by atoms with van der Waals surface area (Å²) in [7, 11) is -2.97. The minimum Gasteiger partial charge on any atom is -0.384 e. The van der Waals surface area contributed by atoms with Crippen LogP contribution in [0.2, 0.25) is 0 Å². The van der Waals surface area contributed by atoms with Crippen LogP contribution < -0.4 is 5.73 Å². The Morgan fingerprint density at radius 3 is 2.50 bits per heavy atom. The average molecular weight is 297 g/mol. The van der Waals surface area contributed by atoms with Crippen LogP contribution in [0.25, 0.3) is 0 Å². The predicted octanol–water partition coefficient (Wildman–Crippen LogP) is 1.61. The summed E-state index contributed by atoms with van der Waals surface area (Å²) in [5, 5.41) is 4.69. The smallest absolute Gasteiger partial charge is 0.152 e. The first kappa shape index (κ1) is 13.9. The van der Waals surface area contributed by atoms with Gasteiger partial charge in [0.15, 0.2) is 9.84 Å². The molecular formula is C14H23N3O2S. The van der Waals surface area contributed by atoms with Gasteiger partial charge in [0.25, 0.3) is 0 Å². The van der Waals surface area contributed by atoms with Crippen molar-refractivity contribution in [2.45, 2.75) is 57.4 Å². The van der Waals surface area contributed by atoms with Crippen molar-refractivity contribution in [3.05, 3.63) is 11.3 Å². The topological polar surface area (TPSA) is 78.0 Å². The normalized spacial score (nSPS) is 31.1. The van der Waals surface area contributed by atoms with Gasteiger partial charge >= 0.3 is 0 Å². The number of hydrogen-bond acceptors (Lipinski definition) is 4. The highest BCUT2D eigenvalue weighted by Crippen LogP contribution is 2.43. The first-order valence-corrected chi connectivity index (χ1v) is 9.06. The number of anilines is 1. The van der Waals surface area contributed by atoms with Crippen molar-refractivity contribution in [3.63, 3.8) is 0 Å². The largest absolute Gasteiger partial charge is 0.384 e. The van der Waals surface area contributed by atoms with E-state index in [-0.39, 0.29) is 16.9 Å². The number of nitrogen functional groups attached to an aromatic ring is 1. The van der Waals surface area contributed by atoms with E-state index in [2.05, 4.69) is 13.8 Å². The molecule has 6 heteroatoms. The van der Waals surface area contributed by atoms with Crippen LogP contribution >= 0.6 is 0 Å². The van der Waals surface area contributed by atoms with Gasteiger partial charge in [0.2, 0.25) is 0 Å². The lowest BCUT2D eigenvalue weighted by atomic mass is 9.75. The van der Waals surface area contributed by atoms with E-state index in [0.717, 1.165) is 30.5 Å².